The molecule has 0 radical (unpaired) electrons. The minimum absolute atomic E-state index is 0.000539. The third-order valence-electron chi connectivity index (χ3n) is 4.15. The minimum atomic E-state index is -3.45. The number of sulfonamides is 1. The number of carbonyl (C=O) groups is 1. The predicted octanol–water partition coefficient (Wildman–Crippen LogP) is 1.79. The van der Waals surface area contributed by atoms with Crippen LogP contribution >= 0.6 is 0 Å². The Morgan fingerprint density at radius 2 is 1.81 bits per heavy atom. The first-order valence-electron chi connectivity index (χ1n) is 7.18. The zero-order chi connectivity index (χ0) is 15.3. The number of carboxylic acid groups (broad SMARTS) is 1. The molecule has 1 aromatic rings. The van der Waals surface area contributed by atoms with E-state index in [1.807, 2.05) is 30.3 Å². The molecule has 5 nitrogen and oxygen atoms in total. The standard InChI is InChI=1S/C15H21NO4S/c17-14(18)15(9-4-5-10-15)12-16-21(19,20)11-8-13-6-2-1-3-7-13/h1-3,6-7,16H,4-5,8-12H2,(H,17,18). The van der Waals surface area contributed by atoms with E-state index in [1.54, 1.807) is 0 Å². The van der Waals surface area contributed by atoms with E-state index in [0.717, 1.165) is 18.4 Å². The number of carboxylic acids is 1. The number of hydrogen-bond acceptors (Lipinski definition) is 3. The maximum Gasteiger partial charge on any atom is 0.310 e. The van der Waals surface area contributed by atoms with Gasteiger partial charge in [-0.1, -0.05) is 43.2 Å². The van der Waals surface area contributed by atoms with Gasteiger partial charge < -0.3 is 5.11 Å². The summed E-state index contributed by atoms with van der Waals surface area (Å²) in [4.78, 5) is 11.4. The lowest BCUT2D eigenvalue weighted by Crippen LogP contribution is -2.42. The van der Waals surface area contributed by atoms with Crippen molar-refractivity contribution in [1.29, 1.82) is 0 Å². The van der Waals surface area contributed by atoms with Crippen LogP contribution in [0.5, 0.6) is 0 Å². The van der Waals surface area contributed by atoms with Crippen molar-refractivity contribution in [1.82, 2.24) is 4.72 Å². The molecule has 1 aromatic carbocycles. The van der Waals surface area contributed by atoms with Crippen LogP contribution < -0.4 is 4.72 Å². The first-order chi connectivity index (χ1) is 9.94. The lowest BCUT2D eigenvalue weighted by molar-refractivity contribution is -0.148. The summed E-state index contributed by atoms with van der Waals surface area (Å²) in [6.07, 6.45) is 3.21. The summed E-state index contributed by atoms with van der Waals surface area (Å²) in [5.74, 6) is -0.919. The second-order valence-electron chi connectivity index (χ2n) is 5.67. The van der Waals surface area contributed by atoms with Gasteiger partial charge in [0, 0.05) is 6.54 Å². The van der Waals surface area contributed by atoms with Gasteiger partial charge in [0.2, 0.25) is 10.0 Å². The third kappa shape index (κ3) is 4.28. The molecule has 0 unspecified atom stereocenters. The second kappa shape index (κ2) is 6.58. The Labute approximate surface area is 125 Å². The first-order valence-corrected chi connectivity index (χ1v) is 8.83. The fourth-order valence-electron chi connectivity index (χ4n) is 2.74. The number of benzene rings is 1. The van der Waals surface area contributed by atoms with Gasteiger partial charge in [-0.25, -0.2) is 13.1 Å². The van der Waals surface area contributed by atoms with E-state index in [-0.39, 0.29) is 12.3 Å². The van der Waals surface area contributed by atoms with Crippen LogP contribution in [0.1, 0.15) is 31.2 Å². The van der Waals surface area contributed by atoms with Crippen LogP contribution in [0.2, 0.25) is 0 Å². The molecule has 2 rings (SSSR count). The maximum absolute atomic E-state index is 12.0. The molecule has 1 fully saturated rings. The van der Waals surface area contributed by atoms with Gasteiger partial charge in [-0.05, 0) is 24.8 Å². The van der Waals surface area contributed by atoms with Crippen LogP contribution in [0.4, 0.5) is 0 Å². The highest BCUT2D eigenvalue weighted by Crippen LogP contribution is 2.37. The minimum Gasteiger partial charge on any atom is -0.481 e. The molecular weight excluding hydrogens is 290 g/mol. The summed E-state index contributed by atoms with van der Waals surface area (Å²) in [5, 5.41) is 9.33. The van der Waals surface area contributed by atoms with E-state index < -0.39 is 21.4 Å². The zero-order valence-corrected chi connectivity index (χ0v) is 12.7. The lowest BCUT2D eigenvalue weighted by atomic mass is 9.87. The van der Waals surface area contributed by atoms with E-state index in [2.05, 4.69) is 4.72 Å². The monoisotopic (exact) mass is 311 g/mol. The molecule has 0 aromatic heterocycles. The van der Waals surface area contributed by atoms with Gasteiger partial charge >= 0.3 is 5.97 Å². The van der Waals surface area contributed by atoms with Crippen LogP contribution in [0.15, 0.2) is 30.3 Å². The fraction of sp³-hybridized carbons (Fsp3) is 0.533. The molecule has 0 heterocycles. The molecular formula is C15H21NO4S. The molecule has 1 aliphatic rings. The van der Waals surface area contributed by atoms with Crippen molar-refractivity contribution < 1.29 is 18.3 Å². The van der Waals surface area contributed by atoms with Crippen molar-refractivity contribution in [2.24, 2.45) is 5.41 Å². The Kier molecular flexibility index (Phi) is 5.00. The van der Waals surface area contributed by atoms with Gasteiger partial charge in [0.1, 0.15) is 0 Å². The second-order valence-corrected chi connectivity index (χ2v) is 7.59. The van der Waals surface area contributed by atoms with Crippen LogP contribution in [0.3, 0.4) is 0 Å². The van der Waals surface area contributed by atoms with E-state index in [9.17, 15) is 18.3 Å². The Balaban J connectivity index is 1.90. The molecule has 0 amide bonds. The Morgan fingerprint density at radius 3 is 2.38 bits per heavy atom. The average molecular weight is 311 g/mol. The van der Waals surface area contributed by atoms with Crippen molar-refractivity contribution in [3.8, 4) is 0 Å². The van der Waals surface area contributed by atoms with Gasteiger partial charge in [0.05, 0.1) is 11.2 Å². The molecule has 2 N–H and O–H groups in total. The summed E-state index contributed by atoms with van der Waals surface area (Å²) < 4.78 is 26.5. The highest BCUT2D eigenvalue weighted by Gasteiger charge is 2.41. The number of rotatable bonds is 7. The molecule has 1 saturated carbocycles. The Bertz CT molecular complexity index is 577. The molecule has 0 bridgehead atoms. The average Bonchev–Trinajstić information content (AvgIpc) is 2.95. The van der Waals surface area contributed by atoms with Crippen molar-refractivity contribution >= 4 is 16.0 Å². The van der Waals surface area contributed by atoms with Gasteiger partial charge in [0.15, 0.2) is 0 Å². The van der Waals surface area contributed by atoms with Crippen LogP contribution in [0.25, 0.3) is 0 Å². The molecule has 116 valence electrons. The number of aliphatic carboxylic acids is 1. The normalized spacial score (nSPS) is 17.7. The zero-order valence-electron chi connectivity index (χ0n) is 11.9. The van der Waals surface area contributed by atoms with Crippen molar-refractivity contribution in [2.45, 2.75) is 32.1 Å². The van der Waals surface area contributed by atoms with Crippen LogP contribution in [-0.2, 0) is 21.2 Å². The van der Waals surface area contributed by atoms with Crippen molar-refractivity contribution in [2.75, 3.05) is 12.3 Å². The van der Waals surface area contributed by atoms with E-state index >= 15 is 0 Å². The van der Waals surface area contributed by atoms with E-state index in [4.69, 9.17) is 0 Å². The smallest absolute Gasteiger partial charge is 0.310 e. The van der Waals surface area contributed by atoms with E-state index in [0.29, 0.717) is 19.3 Å². The van der Waals surface area contributed by atoms with Crippen LogP contribution in [0, 0.1) is 5.41 Å². The molecule has 0 saturated heterocycles. The molecule has 6 heteroatoms. The number of nitrogens with one attached hydrogen (secondary N) is 1. The largest absolute Gasteiger partial charge is 0.481 e. The van der Waals surface area contributed by atoms with Crippen molar-refractivity contribution in [3.05, 3.63) is 35.9 Å². The van der Waals surface area contributed by atoms with Gasteiger partial charge in [-0.2, -0.15) is 0 Å². The molecule has 0 aliphatic heterocycles. The SMILES string of the molecule is O=C(O)C1(CNS(=O)(=O)CCc2ccccc2)CCCC1. The quantitative estimate of drug-likeness (QED) is 0.804. The molecule has 1 aliphatic carbocycles. The highest BCUT2D eigenvalue weighted by atomic mass is 32.2. The highest BCUT2D eigenvalue weighted by molar-refractivity contribution is 7.89. The predicted molar refractivity (Wildman–Crippen MR) is 80.5 cm³/mol. The first kappa shape index (κ1) is 16.0. The number of aryl methyl sites for hydroxylation is 1. The molecule has 21 heavy (non-hydrogen) atoms. The third-order valence-corrected chi connectivity index (χ3v) is 5.47. The maximum atomic E-state index is 12.0. The fourth-order valence-corrected chi connectivity index (χ4v) is 3.88. The van der Waals surface area contributed by atoms with Crippen molar-refractivity contribution in [3.63, 3.8) is 0 Å². The topological polar surface area (TPSA) is 83.5 Å². The van der Waals surface area contributed by atoms with E-state index in [1.165, 1.54) is 0 Å². The molecule has 0 atom stereocenters. The summed E-state index contributed by atoms with van der Waals surface area (Å²) in [7, 11) is -3.45. The Hall–Kier alpha value is -1.40. The van der Waals surface area contributed by atoms with Crippen LogP contribution in [-0.4, -0.2) is 31.8 Å². The lowest BCUT2D eigenvalue weighted by Gasteiger charge is -2.23. The summed E-state index contributed by atoms with van der Waals surface area (Å²) in [5.41, 5.74) is 0.0384. The molecule has 0 spiro atoms. The summed E-state index contributed by atoms with van der Waals surface area (Å²) >= 11 is 0. The Morgan fingerprint density at radius 1 is 1.19 bits per heavy atom. The number of hydrogen-bond donors (Lipinski definition) is 2. The van der Waals surface area contributed by atoms with Gasteiger partial charge in [-0.15, -0.1) is 0 Å². The van der Waals surface area contributed by atoms with Gasteiger partial charge in [0.25, 0.3) is 0 Å². The summed E-state index contributed by atoms with van der Waals surface area (Å²) in [6, 6.07) is 9.38. The van der Waals surface area contributed by atoms with Gasteiger partial charge in [-0.3, -0.25) is 4.79 Å². The summed E-state index contributed by atoms with van der Waals surface area (Å²) in [6.45, 7) is -0.000539.